The Morgan fingerprint density at radius 3 is 2.58 bits per heavy atom. The predicted octanol–water partition coefficient (Wildman–Crippen LogP) is 4.16. The largest absolute Gasteiger partial charge is 0.410 e. The van der Waals surface area contributed by atoms with Crippen molar-refractivity contribution in [2.24, 2.45) is 0 Å². The van der Waals surface area contributed by atoms with Gasteiger partial charge in [-0.25, -0.2) is 4.68 Å². The van der Waals surface area contributed by atoms with Crippen molar-refractivity contribution in [2.45, 2.75) is 52.9 Å². The van der Waals surface area contributed by atoms with Crippen LogP contribution in [0.25, 0.3) is 0 Å². The molecule has 0 aliphatic carbocycles. The van der Waals surface area contributed by atoms with Crippen molar-refractivity contribution in [1.29, 1.82) is 0 Å². The number of carbonyl (C=O) groups is 1. The number of fused-ring (bicyclic) bond motifs is 1. The van der Waals surface area contributed by atoms with Gasteiger partial charge in [0.05, 0.1) is 28.6 Å². The molecule has 4 rings (SSSR count). The number of alkyl halides is 3. The van der Waals surface area contributed by atoms with E-state index in [4.69, 9.17) is 16.1 Å². The van der Waals surface area contributed by atoms with Gasteiger partial charge in [-0.1, -0.05) is 16.8 Å². The quantitative estimate of drug-likeness (QED) is 0.591. The summed E-state index contributed by atoms with van der Waals surface area (Å²) in [4.78, 5) is 14.6. The highest BCUT2D eigenvalue weighted by Gasteiger charge is 2.46. The fourth-order valence-electron chi connectivity index (χ4n) is 3.78. The average molecular weight is 457 g/mol. The molecule has 31 heavy (non-hydrogen) atoms. The zero-order valence-corrected chi connectivity index (χ0v) is 18.0. The van der Waals surface area contributed by atoms with E-state index < -0.39 is 18.1 Å². The fourth-order valence-corrected chi connectivity index (χ4v) is 3.92. The molecule has 1 amide bonds. The van der Waals surface area contributed by atoms with E-state index in [1.807, 2.05) is 0 Å². The first-order chi connectivity index (χ1) is 14.5. The van der Waals surface area contributed by atoms with Crippen LogP contribution in [-0.4, -0.2) is 43.3 Å². The number of carbonyl (C=O) groups excluding carboxylic acids is 1. The molecule has 1 aliphatic heterocycles. The van der Waals surface area contributed by atoms with Gasteiger partial charge < -0.3 is 4.52 Å². The Morgan fingerprint density at radius 2 is 1.97 bits per heavy atom. The first kappa shape index (κ1) is 21.4. The van der Waals surface area contributed by atoms with Crippen molar-refractivity contribution >= 4 is 23.3 Å². The summed E-state index contributed by atoms with van der Waals surface area (Å²) < 4.78 is 48.1. The number of halogens is 4. The lowest BCUT2D eigenvalue weighted by Gasteiger charge is -2.33. The number of hydrogen-bond acceptors (Lipinski definition) is 5. The van der Waals surface area contributed by atoms with Gasteiger partial charge in [0.25, 0.3) is 5.91 Å². The van der Waals surface area contributed by atoms with Crippen molar-refractivity contribution in [3.63, 3.8) is 0 Å². The molecule has 0 N–H and O–H groups in total. The summed E-state index contributed by atoms with van der Waals surface area (Å²) in [6, 6.07) is -0.320. The Hall–Kier alpha value is -2.82. The molecular formula is C19H20ClF3N6O2. The van der Waals surface area contributed by atoms with E-state index in [-0.39, 0.29) is 31.0 Å². The monoisotopic (exact) mass is 456 g/mol. The second-order valence-electron chi connectivity index (χ2n) is 7.60. The van der Waals surface area contributed by atoms with Crippen molar-refractivity contribution in [2.75, 3.05) is 11.4 Å². The second-order valence-corrected chi connectivity index (χ2v) is 7.98. The van der Waals surface area contributed by atoms with Crippen molar-refractivity contribution in [3.05, 3.63) is 45.2 Å². The van der Waals surface area contributed by atoms with Crippen LogP contribution in [-0.2, 0) is 6.54 Å². The lowest BCUT2D eigenvalue weighted by Crippen LogP contribution is -2.43. The fraction of sp³-hybridized carbons (Fsp3) is 0.474. The molecule has 1 unspecified atom stereocenters. The normalized spacial score (nSPS) is 16.6. The number of nitrogens with zero attached hydrogens (tertiary/aromatic N) is 6. The smallest absolute Gasteiger partial charge is 0.361 e. The lowest BCUT2D eigenvalue weighted by atomic mass is 10.1. The van der Waals surface area contributed by atoms with Crippen LogP contribution in [0.2, 0.25) is 5.02 Å². The molecule has 0 aromatic carbocycles. The van der Waals surface area contributed by atoms with Crippen LogP contribution in [0, 0.1) is 27.7 Å². The summed E-state index contributed by atoms with van der Waals surface area (Å²) in [7, 11) is 0. The molecule has 0 spiro atoms. The van der Waals surface area contributed by atoms with Crippen LogP contribution >= 0.6 is 11.6 Å². The van der Waals surface area contributed by atoms with E-state index >= 15 is 0 Å². The first-order valence-electron chi connectivity index (χ1n) is 9.58. The summed E-state index contributed by atoms with van der Waals surface area (Å²) >= 11 is 6.21. The highest BCUT2D eigenvalue weighted by molar-refractivity contribution is 6.31. The maximum Gasteiger partial charge on any atom is 0.410 e. The van der Waals surface area contributed by atoms with Crippen molar-refractivity contribution < 1.29 is 22.5 Å². The van der Waals surface area contributed by atoms with E-state index in [0.29, 0.717) is 27.7 Å². The Kier molecular flexibility index (Phi) is 5.11. The van der Waals surface area contributed by atoms with Crippen molar-refractivity contribution in [3.8, 4) is 0 Å². The first-order valence-corrected chi connectivity index (χ1v) is 9.96. The van der Waals surface area contributed by atoms with Crippen LogP contribution < -0.4 is 4.90 Å². The van der Waals surface area contributed by atoms with Gasteiger partial charge in [0.1, 0.15) is 11.6 Å². The molecule has 8 nitrogen and oxygen atoms in total. The van der Waals surface area contributed by atoms with Crippen molar-refractivity contribution in [1.82, 2.24) is 24.7 Å². The van der Waals surface area contributed by atoms with E-state index in [0.717, 1.165) is 10.4 Å². The molecule has 12 heteroatoms. The van der Waals surface area contributed by atoms with Gasteiger partial charge in [-0.05, 0) is 34.1 Å². The van der Waals surface area contributed by atoms with E-state index in [9.17, 15) is 18.0 Å². The number of hydrogen-bond donors (Lipinski definition) is 0. The predicted molar refractivity (Wildman–Crippen MR) is 105 cm³/mol. The third kappa shape index (κ3) is 3.60. The molecule has 3 aromatic rings. The lowest BCUT2D eigenvalue weighted by molar-refractivity contribution is -0.172. The molecule has 0 saturated heterocycles. The van der Waals surface area contributed by atoms with Gasteiger partial charge in [-0.3, -0.25) is 14.4 Å². The molecule has 3 aromatic heterocycles. The van der Waals surface area contributed by atoms with E-state index in [1.165, 1.54) is 11.0 Å². The molecule has 0 bridgehead atoms. The molecule has 0 fully saturated rings. The van der Waals surface area contributed by atoms with Gasteiger partial charge in [-0.15, -0.1) is 0 Å². The number of aromatic nitrogens is 5. The standard InChI is InChI=1S/C19H20ClF3N6O2/c1-9-7-15-27(6-5-14(19(21,22)23)29(15)24-9)18(30)17-13(12(4)31-26-17)8-28-11(3)16(20)10(2)25-28/h7,14H,5-6,8H2,1-4H3. The summed E-state index contributed by atoms with van der Waals surface area (Å²) in [5.41, 5.74) is 2.27. The Balaban J connectivity index is 1.70. The summed E-state index contributed by atoms with van der Waals surface area (Å²) in [5, 5.41) is 12.8. The van der Waals surface area contributed by atoms with Crippen LogP contribution in [0.15, 0.2) is 10.6 Å². The SMILES string of the molecule is Cc1cc2n(n1)C(C(F)(F)F)CCN2C(=O)c1noc(C)c1Cn1nc(C)c(Cl)c1C. The molecule has 0 saturated carbocycles. The third-order valence-electron chi connectivity index (χ3n) is 5.45. The maximum absolute atomic E-state index is 13.5. The number of aryl methyl sites for hydroxylation is 3. The minimum Gasteiger partial charge on any atom is -0.361 e. The van der Waals surface area contributed by atoms with E-state index in [1.54, 1.807) is 32.4 Å². The minimum absolute atomic E-state index is 0.0250. The summed E-state index contributed by atoms with van der Waals surface area (Å²) in [6.07, 6.45) is -4.77. The highest BCUT2D eigenvalue weighted by Crippen LogP contribution is 2.40. The molecular weight excluding hydrogens is 437 g/mol. The molecule has 0 radical (unpaired) electrons. The van der Waals surface area contributed by atoms with Gasteiger partial charge in [0.2, 0.25) is 0 Å². The maximum atomic E-state index is 13.5. The minimum atomic E-state index is -4.47. The topological polar surface area (TPSA) is 82.0 Å². The van der Waals surface area contributed by atoms with E-state index in [2.05, 4.69) is 15.4 Å². The van der Waals surface area contributed by atoms with Gasteiger partial charge in [-0.2, -0.15) is 23.4 Å². The van der Waals surface area contributed by atoms with Crippen LogP contribution in [0.5, 0.6) is 0 Å². The Morgan fingerprint density at radius 1 is 1.26 bits per heavy atom. The van der Waals surface area contributed by atoms with Crippen LogP contribution in [0.3, 0.4) is 0 Å². The Bertz CT molecular complexity index is 1160. The van der Waals surface area contributed by atoms with Crippen LogP contribution in [0.1, 0.15) is 51.4 Å². The molecule has 1 aliphatic rings. The van der Waals surface area contributed by atoms with Gasteiger partial charge in [0.15, 0.2) is 11.7 Å². The van der Waals surface area contributed by atoms with Gasteiger partial charge in [0, 0.05) is 18.2 Å². The van der Waals surface area contributed by atoms with Gasteiger partial charge >= 0.3 is 6.18 Å². The molecule has 4 heterocycles. The summed E-state index contributed by atoms with van der Waals surface area (Å²) in [6.45, 7) is 6.89. The number of anilines is 1. The number of amides is 1. The highest BCUT2D eigenvalue weighted by atomic mass is 35.5. The molecule has 166 valence electrons. The second kappa shape index (κ2) is 7.40. The molecule has 1 atom stereocenters. The zero-order valence-electron chi connectivity index (χ0n) is 17.3. The Labute approximate surface area is 180 Å². The third-order valence-corrected chi connectivity index (χ3v) is 5.99. The number of rotatable bonds is 3. The average Bonchev–Trinajstić information content (AvgIpc) is 3.32. The summed E-state index contributed by atoms with van der Waals surface area (Å²) in [5.74, 6) is -0.0556. The zero-order chi connectivity index (χ0) is 22.7. The van der Waals surface area contributed by atoms with Crippen LogP contribution in [0.4, 0.5) is 19.0 Å².